The largest absolute Gasteiger partial charge is 0.413 e. The first kappa shape index (κ1) is 20.4. The Kier molecular flexibility index (Phi) is 6.77. The van der Waals surface area contributed by atoms with E-state index in [1.54, 1.807) is 16.8 Å². The maximum Gasteiger partial charge on any atom is 0.413 e. The van der Waals surface area contributed by atoms with Crippen molar-refractivity contribution in [2.75, 3.05) is 6.61 Å². The molecule has 0 aromatic carbocycles. The molecule has 0 saturated carbocycles. The Morgan fingerprint density at radius 2 is 2.15 bits per heavy atom. The number of amides is 2. The summed E-state index contributed by atoms with van der Waals surface area (Å²) >= 11 is 1.41. The molecule has 1 aliphatic rings. The zero-order valence-corrected chi connectivity index (χ0v) is 16.4. The van der Waals surface area contributed by atoms with Gasteiger partial charge in [-0.2, -0.15) is 0 Å². The molecule has 3 atom stereocenters. The Hall–Kier alpha value is -1.93. The van der Waals surface area contributed by atoms with Gasteiger partial charge in [0.25, 0.3) is 0 Å². The monoisotopic (exact) mass is 382 g/mol. The summed E-state index contributed by atoms with van der Waals surface area (Å²) in [6.07, 6.45) is -0.0157. The Morgan fingerprint density at radius 3 is 2.73 bits per heavy atom. The van der Waals surface area contributed by atoms with E-state index in [2.05, 4.69) is 10.6 Å². The first-order chi connectivity index (χ1) is 12.2. The fourth-order valence-corrected chi connectivity index (χ4v) is 3.33. The molecule has 0 radical (unpaired) electrons. The highest BCUT2D eigenvalue weighted by Gasteiger charge is 2.38. The van der Waals surface area contributed by atoms with Crippen molar-refractivity contribution in [2.24, 2.45) is 5.41 Å². The molecule has 7 nitrogen and oxygen atoms in total. The van der Waals surface area contributed by atoms with Crippen LogP contribution in [0.4, 0.5) is 4.79 Å². The van der Waals surface area contributed by atoms with Crippen molar-refractivity contribution >= 4 is 29.1 Å². The van der Waals surface area contributed by atoms with Gasteiger partial charge in [0.2, 0.25) is 5.91 Å². The maximum absolute atomic E-state index is 12.7. The zero-order chi connectivity index (χ0) is 19.3. The van der Waals surface area contributed by atoms with Gasteiger partial charge in [0.1, 0.15) is 24.4 Å². The Bertz CT molecular complexity index is 639. The summed E-state index contributed by atoms with van der Waals surface area (Å²) in [5.41, 5.74) is -0.210. The second kappa shape index (κ2) is 8.64. The molecule has 8 heteroatoms. The summed E-state index contributed by atoms with van der Waals surface area (Å²) in [4.78, 5) is 36.8. The van der Waals surface area contributed by atoms with Crippen LogP contribution in [0.3, 0.4) is 0 Å². The molecular formula is C18H26N2O5S. The standard InChI is InChI=1S/C18H26N2O5S/c1-5-14-15(13(21)9-24-14)20-16(22)12(8-18(2,3)4)19-17(23)25-11-6-7-26-10-11/h6-7,10,12,14-15H,5,8-9H2,1-4H3,(H,19,23)(H,20,22)/t12-,14?,15?/m0/s1. The lowest BCUT2D eigenvalue weighted by atomic mass is 9.87. The van der Waals surface area contributed by atoms with Gasteiger partial charge in [-0.1, -0.05) is 27.7 Å². The molecule has 0 aliphatic carbocycles. The second-order valence-corrected chi connectivity index (χ2v) is 8.30. The molecule has 2 N–H and O–H groups in total. The van der Waals surface area contributed by atoms with Crippen molar-refractivity contribution in [3.8, 4) is 5.75 Å². The summed E-state index contributed by atoms with van der Waals surface area (Å²) in [7, 11) is 0. The molecule has 1 aliphatic heterocycles. The molecule has 1 aromatic rings. The van der Waals surface area contributed by atoms with Crippen LogP contribution in [0.5, 0.6) is 5.75 Å². The molecule has 2 heterocycles. The van der Waals surface area contributed by atoms with Gasteiger partial charge >= 0.3 is 6.09 Å². The quantitative estimate of drug-likeness (QED) is 0.788. The predicted octanol–water partition coefficient (Wildman–Crippen LogP) is 2.50. The number of carbonyl (C=O) groups is 3. The molecule has 0 spiro atoms. The van der Waals surface area contributed by atoms with Gasteiger partial charge in [-0.05, 0) is 29.7 Å². The second-order valence-electron chi connectivity index (χ2n) is 7.52. The van der Waals surface area contributed by atoms with Crippen molar-refractivity contribution in [3.63, 3.8) is 0 Å². The van der Waals surface area contributed by atoms with Gasteiger partial charge in [0, 0.05) is 5.38 Å². The minimum atomic E-state index is -0.813. The van der Waals surface area contributed by atoms with Crippen LogP contribution in [0.1, 0.15) is 40.5 Å². The summed E-state index contributed by atoms with van der Waals surface area (Å²) in [6, 6.07) is 0.181. The highest BCUT2D eigenvalue weighted by atomic mass is 32.1. The minimum absolute atomic E-state index is 0.00101. The third-order valence-corrected chi connectivity index (χ3v) is 4.65. The van der Waals surface area contributed by atoms with E-state index in [9.17, 15) is 14.4 Å². The zero-order valence-electron chi connectivity index (χ0n) is 15.5. The third kappa shape index (κ3) is 5.81. The highest BCUT2D eigenvalue weighted by Crippen LogP contribution is 2.22. The molecule has 144 valence electrons. The Morgan fingerprint density at radius 1 is 1.42 bits per heavy atom. The predicted molar refractivity (Wildman–Crippen MR) is 98.3 cm³/mol. The van der Waals surface area contributed by atoms with E-state index in [0.29, 0.717) is 18.6 Å². The van der Waals surface area contributed by atoms with Gasteiger partial charge in [0.15, 0.2) is 5.78 Å². The van der Waals surface area contributed by atoms with E-state index in [4.69, 9.17) is 9.47 Å². The van der Waals surface area contributed by atoms with E-state index in [-0.39, 0.29) is 23.9 Å². The van der Waals surface area contributed by atoms with Crippen molar-refractivity contribution < 1.29 is 23.9 Å². The van der Waals surface area contributed by atoms with Crippen LogP contribution in [0.25, 0.3) is 0 Å². The lowest BCUT2D eigenvalue weighted by Gasteiger charge is -2.27. The first-order valence-electron chi connectivity index (χ1n) is 8.65. The molecule has 1 fully saturated rings. The number of ether oxygens (including phenoxy) is 2. The number of thiophene rings is 1. The Balaban J connectivity index is 2.04. The number of rotatable bonds is 6. The fourth-order valence-electron chi connectivity index (χ4n) is 2.77. The summed E-state index contributed by atoms with van der Waals surface area (Å²) in [5, 5.41) is 8.83. The SMILES string of the molecule is CCC1OCC(=O)C1NC(=O)[C@H](CC(C)(C)C)NC(=O)Oc1ccsc1. The maximum atomic E-state index is 12.7. The van der Waals surface area contributed by atoms with Crippen LogP contribution in [0.2, 0.25) is 0 Å². The van der Waals surface area contributed by atoms with Crippen LogP contribution in [0.15, 0.2) is 16.8 Å². The lowest BCUT2D eigenvalue weighted by Crippen LogP contribution is -2.54. The van der Waals surface area contributed by atoms with E-state index in [1.165, 1.54) is 11.3 Å². The van der Waals surface area contributed by atoms with Gasteiger partial charge in [-0.15, -0.1) is 11.3 Å². The van der Waals surface area contributed by atoms with Gasteiger partial charge in [-0.3, -0.25) is 9.59 Å². The lowest BCUT2D eigenvalue weighted by molar-refractivity contribution is -0.128. The van der Waals surface area contributed by atoms with Crippen molar-refractivity contribution in [3.05, 3.63) is 16.8 Å². The number of hydrogen-bond donors (Lipinski definition) is 2. The fraction of sp³-hybridized carbons (Fsp3) is 0.611. The molecule has 2 unspecified atom stereocenters. The molecule has 1 aromatic heterocycles. The smallest absolute Gasteiger partial charge is 0.409 e. The summed E-state index contributed by atoms with van der Waals surface area (Å²) in [6.45, 7) is 7.81. The molecule has 26 heavy (non-hydrogen) atoms. The average Bonchev–Trinajstić information content (AvgIpc) is 3.16. The number of Topliss-reactive ketones (excluding diaryl/α,β-unsaturated/α-hetero) is 1. The van der Waals surface area contributed by atoms with E-state index in [0.717, 1.165) is 0 Å². The van der Waals surface area contributed by atoms with E-state index >= 15 is 0 Å². The van der Waals surface area contributed by atoms with Crippen molar-refractivity contribution in [2.45, 2.75) is 58.7 Å². The van der Waals surface area contributed by atoms with Crippen LogP contribution in [-0.4, -0.2) is 42.6 Å². The van der Waals surface area contributed by atoms with Gasteiger partial charge < -0.3 is 20.1 Å². The van der Waals surface area contributed by atoms with Gasteiger partial charge in [0.05, 0.1) is 6.10 Å². The summed E-state index contributed by atoms with van der Waals surface area (Å²) < 4.78 is 10.6. The summed E-state index contributed by atoms with van der Waals surface area (Å²) in [5.74, 6) is -0.141. The number of nitrogens with one attached hydrogen (secondary N) is 2. The number of hydrogen-bond acceptors (Lipinski definition) is 6. The third-order valence-electron chi connectivity index (χ3n) is 3.99. The molecule has 2 amide bonds. The Labute approximate surface area is 157 Å². The molecule has 0 bridgehead atoms. The number of carbonyl (C=O) groups excluding carboxylic acids is 3. The van der Waals surface area contributed by atoms with Crippen LogP contribution >= 0.6 is 11.3 Å². The van der Waals surface area contributed by atoms with Crippen molar-refractivity contribution in [1.29, 1.82) is 0 Å². The van der Waals surface area contributed by atoms with E-state index in [1.807, 2.05) is 27.7 Å². The van der Waals surface area contributed by atoms with E-state index < -0.39 is 24.1 Å². The van der Waals surface area contributed by atoms with Crippen LogP contribution in [0, 0.1) is 5.41 Å². The minimum Gasteiger partial charge on any atom is -0.409 e. The van der Waals surface area contributed by atoms with Crippen molar-refractivity contribution in [1.82, 2.24) is 10.6 Å². The van der Waals surface area contributed by atoms with Crippen LogP contribution < -0.4 is 15.4 Å². The average molecular weight is 382 g/mol. The van der Waals surface area contributed by atoms with Crippen LogP contribution in [-0.2, 0) is 14.3 Å². The molecule has 2 rings (SSSR count). The number of ketones is 1. The first-order valence-corrected chi connectivity index (χ1v) is 9.59. The topological polar surface area (TPSA) is 93.7 Å². The normalized spacial score (nSPS) is 21.3. The highest BCUT2D eigenvalue weighted by molar-refractivity contribution is 7.08. The van der Waals surface area contributed by atoms with Gasteiger partial charge in [-0.25, -0.2) is 4.79 Å². The molecular weight excluding hydrogens is 356 g/mol. The molecule has 1 saturated heterocycles.